The Bertz CT molecular complexity index is 685. The van der Waals surface area contributed by atoms with Gasteiger partial charge in [0.05, 0.1) is 0 Å². The molecule has 0 aliphatic carbocycles. The molecule has 2 aromatic carbocycles. The molecule has 0 amide bonds. The van der Waals surface area contributed by atoms with Gasteiger partial charge in [0, 0.05) is 5.56 Å². The highest BCUT2D eigenvalue weighted by Crippen LogP contribution is 2.41. The summed E-state index contributed by atoms with van der Waals surface area (Å²) in [5.74, 6) is 0.845. The van der Waals surface area contributed by atoms with Crippen LogP contribution in [0.4, 0.5) is 0 Å². The zero-order valence-corrected chi connectivity index (χ0v) is 17.9. The van der Waals surface area contributed by atoms with Crippen molar-refractivity contribution in [3.63, 3.8) is 0 Å². The molecule has 0 saturated carbocycles. The van der Waals surface area contributed by atoms with Gasteiger partial charge in [-0.15, -0.1) is 0 Å². The highest BCUT2D eigenvalue weighted by molar-refractivity contribution is 5.76. The summed E-state index contributed by atoms with van der Waals surface area (Å²) in [5.41, 5.74) is 6.39. The van der Waals surface area contributed by atoms with Gasteiger partial charge in [-0.2, -0.15) is 0 Å². The minimum absolute atomic E-state index is 0.401. The summed E-state index contributed by atoms with van der Waals surface area (Å²) in [6, 6.07) is 12.4. The molecular formula is C26H38O. The average molecular weight is 367 g/mol. The minimum atomic E-state index is 0.401. The number of aromatic hydroxyl groups is 1. The molecule has 0 aliphatic rings. The smallest absolute Gasteiger partial charge is 0.123 e. The Kier molecular flexibility index (Phi) is 8.91. The molecule has 0 radical (unpaired) electrons. The van der Waals surface area contributed by atoms with Crippen LogP contribution in [0.1, 0.15) is 95.2 Å². The van der Waals surface area contributed by atoms with Crippen molar-refractivity contribution in [2.45, 2.75) is 91.4 Å². The molecule has 0 atom stereocenters. The molecule has 2 rings (SSSR count). The third-order valence-electron chi connectivity index (χ3n) is 5.49. The Labute approximate surface area is 166 Å². The van der Waals surface area contributed by atoms with Crippen LogP contribution in [0.5, 0.6) is 5.75 Å². The van der Waals surface area contributed by atoms with Crippen LogP contribution in [0.15, 0.2) is 36.4 Å². The minimum Gasteiger partial charge on any atom is -0.507 e. The Morgan fingerprint density at radius 3 is 2.11 bits per heavy atom. The molecule has 0 aromatic heterocycles. The van der Waals surface area contributed by atoms with Gasteiger partial charge in [0.1, 0.15) is 5.75 Å². The number of rotatable bonds is 11. The van der Waals surface area contributed by atoms with E-state index >= 15 is 0 Å². The van der Waals surface area contributed by atoms with Crippen molar-refractivity contribution < 1.29 is 5.11 Å². The topological polar surface area (TPSA) is 20.2 Å². The number of phenolic OH excluding ortho intramolecular Hbond substituents is 1. The number of hydrogen-bond acceptors (Lipinski definition) is 1. The lowest BCUT2D eigenvalue weighted by molar-refractivity contribution is 0.474. The fraction of sp³-hybridized carbons (Fsp3) is 0.538. The van der Waals surface area contributed by atoms with E-state index in [4.69, 9.17) is 0 Å². The number of hydrogen-bond donors (Lipinski definition) is 1. The normalized spacial score (nSPS) is 11.3. The molecule has 0 saturated heterocycles. The van der Waals surface area contributed by atoms with Crippen LogP contribution in [-0.2, 0) is 12.8 Å². The second kappa shape index (κ2) is 11.2. The molecule has 0 fully saturated rings. The van der Waals surface area contributed by atoms with Crippen LogP contribution in [0.25, 0.3) is 11.1 Å². The summed E-state index contributed by atoms with van der Waals surface area (Å²) in [7, 11) is 0. The molecule has 2 aromatic rings. The molecule has 1 heteroatoms. The van der Waals surface area contributed by atoms with Gasteiger partial charge in [0.15, 0.2) is 0 Å². The lowest BCUT2D eigenvalue weighted by Crippen LogP contribution is -2.06. The van der Waals surface area contributed by atoms with E-state index in [2.05, 4.69) is 52.0 Å². The maximum Gasteiger partial charge on any atom is 0.123 e. The summed E-state index contributed by atoms with van der Waals surface area (Å²) < 4.78 is 0. The maximum absolute atomic E-state index is 10.9. The molecule has 0 heterocycles. The predicted molar refractivity (Wildman–Crippen MR) is 119 cm³/mol. The second-order valence-corrected chi connectivity index (χ2v) is 8.11. The van der Waals surface area contributed by atoms with Gasteiger partial charge < -0.3 is 5.11 Å². The van der Waals surface area contributed by atoms with E-state index in [1.807, 2.05) is 12.1 Å². The van der Waals surface area contributed by atoms with E-state index in [-0.39, 0.29) is 0 Å². The standard InChI is InChI=1S/C26H38O/c1-5-7-8-9-10-14-18-23-22(15-6-2)19-24(27)26(25(23)20(3)4)21-16-12-11-13-17-21/h11-13,16-17,19-20,27H,5-10,14-15,18H2,1-4H3. The van der Waals surface area contributed by atoms with Crippen molar-refractivity contribution in [2.24, 2.45) is 0 Å². The fourth-order valence-electron chi connectivity index (χ4n) is 4.20. The lowest BCUT2D eigenvalue weighted by Gasteiger charge is -2.23. The highest BCUT2D eigenvalue weighted by Gasteiger charge is 2.20. The summed E-state index contributed by atoms with van der Waals surface area (Å²) in [6.07, 6.45) is 11.2. The van der Waals surface area contributed by atoms with Crippen LogP contribution in [0, 0.1) is 0 Å². The monoisotopic (exact) mass is 366 g/mol. The van der Waals surface area contributed by atoms with E-state index in [0.29, 0.717) is 11.7 Å². The van der Waals surface area contributed by atoms with Crippen LogP contribution < -0.4 is 0 Å². The number of phenols is 1. The Morgan fingerprint density at radius 1 is 0.815 bits per heavy atom. The summed E-state index contributed by atoms with van der Waals surface area (Å²) in [5, 5.41) is 10.9. The lowest BCUT2D eigenvalue weighted by atomic mass is 9.82. The quantitative estimate of drug-likeness (QED) is 0.399. The van der Waals surface area contributed by atoms with Gasteiger partial charge in [-0.25, -0.2) is 0 Å². The first kappa shape index (κ1) is 21.5. The van der Waals surface area contributed by atoms with Crippen LogP contribution in [0.3, 0.4) is 0 Å². The molecule has 1 nitrogen and oxygen atoms in total. The largest absolute Gasteiger partial charge is 0.507 e. The van der Waals surface area contributed by atoms with E-state index in [1.54, 1.807) is 0 Å². The van der Waals surface area contributed by atoms with E-state index < -0.39 is 0 Å². The van der Waals surface area contributed by atoms with Gasteiger partial charge in [0.2, 0.25) is 0 Å². The van der Waals surface area contributed by atoms with Crippen molar-refractivity contribution in [3.05, 3.63) is 53.1 Å². The second-order valence-electron chi connectivity index (χ2n) is 8.11. The third kappa shape index (κ3) is 5.86. The van der Waals surface area contributed by atoms with Gasteiger partial charge in [-0.1, -0.05) is 96.6 Å². The summed E-state index contributed by atoms with van der Waals surface area (Å²) in [6.45, 7) is 9.03. The summed E-state index contributed by atoms with van der Waals surface area (Å²) in [4.78, 5) is 0. The van der Waals surface area contributed by atoms with Crippen molar-refractivity contribution in [1.82, 2.24) is 0 Å². The van der Waals surface area contributed by atoms with Gasteiger partial charge in [-0.3, -0.25) is 0 Å². The molecule has 0 bridgehead atoms. The predicted octanol–water partition coefficient (Wildman–Crippen LogP) is 8.04. The first-order chi connectivity index (χ1) is 13.1. The van der Waals surface area contributed by atoms with Crippen molar-refractivity contribution in [3.8, 4) is 16.9 Å². The first-order valence-electron chi connectivity index (χ1n) is 11.0. The zero-order chi connectivity index (χ0) is 19.6. The molecule has 0 spiro atoms. The van der Waals surface area contributed by atoms with Crippen LogP contribution in [-0.4, -0.2) is 5.11 Å². The Balaban J connectivity index is 2.38. The number of benzene rings is 2. The molecular weight excluding hydrogens is 328 g/mol. The number of unbranched alkanes of at least 4 members (excludes halogenated alkanes) is 5. The molecule has 27 heavy (non-hydrogen) atoms. The van der Waals surface area contributed by atoms with Gasteiger partial charge >= 0.3 is 0 Å². The number of aryl methyl sites for hydroxylation is 1. The summed E-state index contributed by atoms with van der Waals surface area (Å²) >= 11 is 0. The van der Waals surface area contributed by atoms with Crippen molar-refractivity contribution in [2.75, 3.05) is 0 Å². The molecule has 1 N–H and O–H groups in total. The Hall–Kier alpha value is -1.76. The van der Waals surface area contributed by atoms with Crippen LogP contribution >= 0.6 is 0 Å². The van der Waals surface area contributed by atoms with Crippen LogP contribution in [0.2, 0.25) is 0 Å². The molecule has 0 aliphatic heterocycles. The average Bonchev–Trinajstić information content (AvgIpc) is 2.66. The van der Waals surface area contributed by atoms with Crippen molar-refractivity contribution in [1.29, 1.82) is 0 Å². The molecule has 0 unspecified atom stereocenters. The SMILES string of the molecule is CCCCCCCCc1c(CCC)cc(O)c(-c2ccccc2)c1C(C)C. The highest BCUT2D eigenvalue weighted by atomic mass is 16.3. The van der Waals surface area contributed by atoms with Crippen molar-refractivity contribution >= 4 is 0 Å². The first-order valence-corrected chi connectivity index (χ1v) is 11.0. The molecule has 148 valence electrons. The van der Waals surface area contributed by atoms with Gasteiger partial charge in [-0.05, 0) is 53.5 Å². The Morgan fingerprint density at radius 2 is 1.48 bits per heavy atom. The van der Waals surface area contributed by atoms with E-state index in [9.17, 15) is 5.11 Å². The van der Waals surface area contributed by atoms with E-state index in [1.165, 1.54) is 55.2 Å². The van der Waals surface area contributed by atoms with Gasteiger partial charge in [0.25, 0.3) is 0 Å². The maximum atomic E-state index is 10.9. The van der Waals surface area contributed by atoms with E-state index in [0.717, 1.165) is 30.4 Å². The zero-order valence-electron chi connectivity index (χ0n) is 17.9. The fourth-order valence-corrected chi connectivity index (χ4v) is 4.20. The third-order valence-corrected chi connectivity index (χ3v) is 5.49.